The highest BCUT2D eigenvalue weighted by Crippen LogP contribution is 2.17. The van der Waals surface area contributed by atoms with E-state index in [4.69, 9.17) is 5.11 Å². The molecule has 4 heteroatoms. The largest absolute Gasteiger partial charge is 0.481 e. The highest BCUT2D eigenvalue weighted by Gasteiger charge is 2.07. The lowest BCUT2D eigenvalue weighted by Gasteiger charge is -2.10. The van der Waals surface area contributed by atoms with Gasteiger partial charge >= 0.3 is 5.97 Å². The van der Waals surface area contributed by atoms with Crippen LogP contribution in [0.2, 0.25) is 0 Å². The van der Waals surface area contributed by atoms with Crippen LogP contribution in [0.4, 0.5) is 5.69 Å². The first-order valence-corrected chi connectivity index (χ1v) is 6.23. The summed E-state index contributed by atoms with van der Waals surface area (Å²) >= 11 is 0. The Kier molecular flexibility index (Phi) is 5.91. The van der Waals surface area contributed by atoms with Gasteiger partial charge in [0.25, 0.3) is 0 Å². The second-order valence-electron chi connectivity index (χ2n) is 4.20. The molecule has 18 heavy (non-hydrogen) atoms. The maximum atomic E-state index is 11.6. The summed E-state index contributed by atoms with van der Waals surface area (Å²) in [5.41, 5.74) is 1.95. The average Bonchev–Trinajstić information content (AvgIpc) is 2.31. The van der Waals surface area contributed by atoms with Gasteiger partial charge in [0.15, 0.2) is 0 Å². The molecule has 1 rings (SSSR count). The van der Waals surface area contributed by atoms with Crippen LogP contribution >= 0.6 is 0 Å². The molecular weight excluding hydrogens is 230 g/mol. The Hall–Kier alpha value is -1.84. The minimum atomic E-state index is -0.866. The molecule has 98 valence electrons. The third-order valence-electron chi connectivity index (χ3n) is 2.61. The van der Waals surface area contributed by atoms with Crippen molar-refractivity contribution in [1.29, 1.82) is 0 Å². The van der Waals surface area contributed by atoms with Gasteiger partial charge in [0.2, 0.25) is 5.91 Å². The molecule has 0 unspecified atom stereocenters. The van der Waals surface area contributed by atoms with Crippen molar-refractivity contribution < 1.29 is 14.7 Å². The van der Waals surface area contributed by atoms with Crippen molar-refractivity contribution in [2.45, 2.75) is 39.0 Å². The summed E-state index contributed by atoms with van der Waals surface area (Å²) in [5, 5.41) is 11.3. The van der Waals surface area contributed by atoms with Crippen LogP contribution in [0.1, 0.15) is 38.2 Å². The molecule has 0 fully saturated rings. The molecule has 0 heterocycles. The fraction of sp³-hybridized carbons (Fsp3) is 0.429. The maximum absolute atomic E-state index is 11.6. The first-order chi connectivity index (χ1) is 8.63. The lowest BCUT2D eigenvalue weighted by Crippen LogP contribution is -2.13. The van der Waals surface area contributed by atoms with Crippen molar-refractivity contribution in [1.82, 2.24) is 0 Å². The van der Waals surface area contributed by atoms with E-state index < -0.39 is 5.97 Å². The van der Waals surface area contributed by atoms with Crippen molar-refractivity contribution in [2.75, 3.05) is 5.32 Å². The molecule has 0 saturated carbocycles. The van der Waals surface area contributed by atoms with Gasteiger partial charge in [-0.25, -0.2) is 0 Å². The third-order valence-corrected chi connectivity index (χ3v) is 2.61. The molecule has 1 aromatic rings. The second kappa shape index (κ2) is 7.48. The number of rotatable bonds is 7. The summed E-state index contributed by atoms with van der Waals surface area (Å²) in [4.78, 5) is 22.0. The van der Waals surface area contributed by atoms with Gasteiger partial charge in [-0.1, -0.05) is 31.5 Å². The zero-order valence-corrected chi connectivity index (χ0v) is 10.6. The van der Waals surface area contributed by atoms with E-state index in [2.05, 4.69) is 12.2 Å². The average molecular weight is 249 g/mol. The molecule has 4 nitrogen and oxygen atoms in total. The van der Waals surface area contributed by atoms with E-state index in [0.29, 0.717) is 6.42 Å². The Morgan fingerprint density at radius 2 is 1.94 bits per heavy atom. The minimum absolute atomic E-state index is 0.0318. The first-order valence-electron chi connectivity index (χ1n) is 6.23. The Morgan fingerprint density at radius 1 is 1.22 bits per heavy atom. The molecule has 2 N–H and O–H groups in total. The van der Waals surface area contributed by atoms with Crippen LogP contribution in [0, 0.1) is 0 Å². The number of carboxylic acid groups (broad SMARTS) is 1. The van der Waals surface area contributed by atoms with Gasteiger partial charge in [-0.15, -0.1) is 0 Å². The van der Waals surface area contributed by atoms with Gasteiger partial charge in [0.05, 0.1) is 0 Å². The molecule has 0 radical (unpaired) electrons. The number of benzene rings is 1. The van der Waals surface area contributed by atoms with Crippen LogP contribution in [-0.4, -0.2) is 17.0 Å². The maximum Gasteiger partial charge on any atom is 0.303 e. The van der Waals surface area contributed by atoms with E-state index in [1.54, 1.807) is 0 Å². The number of aryl methyl sites for hydroxylation is 1. The quantitative estimate of drug-likeness (QED) is 0.780. The smallest absolute Gasteiger partial charge is 0.303 e. The van der Waals surface area contributed by atoms with E-state index in [0.717, 1.165) is 24.1 Å². The number of carboxylic acids is 1. The van der Waals surface area contributed by atoms with Gasteiger partial charge in [0.1, 0.15) is 0 Å². The minimum Gasteiger partial charge on any atom is -0.481 e. The van der Waals surface area contributed by atoms with Gasteiger partial charge in [-0.3, -0.25) is 9.59 Å². The molecule has 1 aromatic carbocycles. The van der Waals surface area contributed by atoms with E-state index in [1.165, 1.54) is 0 Å². The molecule has 0 atom stereocenters. The first kappa shape index (κ1) is 14.2. The third kappa shape index (κ3) is 4.99. The normalized spacial score (nSPS) is 10.1. The Bertz CT molecular complexity index is 415. The molecule has 0 aliphatic carbocycles. The van der Waals surface area contributed by atoms with Crippen molar-refractivity contribution in [3.63, 3.8) is 0 Å². The van der Waals surface area contributed by atoms with Crippen LogP contribution in [0.25, 0.3) is 0 Å². The SMILES string of the molecule is CCCc1ccccc1NC(=O)CCCC(=O)O. The fourth-order valence-corrected chi connectivity index (χ4v) is 1.74. The lowest BCUT2D eigenvalue weighted by molar-refractivity contribution is -0.137. The predicted molar refractivity (Wildman–Crippen MR) is 70.6 cm³/mol. The van der Waals surface area contributed by atoms with E-state index in [1.807, 2.05) is 24.3 Å². The van der Waals surface area contributed by atoms with Crippen molar-refractivity contribution in [3.8, 4) is 0 Å². The number of para-hydroxylation sites is 1. The van der Waals surface area contributed by atoms with E-state index in [-0.39, 0.29) is 18.7 Å². The van der Waals surface area contributed by atoms with Crippen LogP contribution in [0.15, 0.2) is 24.3 Å². The van der Waals surface area contributed by atoms with Gasteiger partial charge in [0, 0.05) is 18.5 Å². The molecule has 0 bridgehead atoms. The highest BCUT2D eigenvalue weighted by molar-refractivity contribution is 5.91. The molecule has 0 spiro atoms. The van der Waals surface area contributed by atoms with E-state index in [9.17, 15) is 9.59 Å². The van der Waals surface area contributed by atoms with E-state index >= 15 is 0 Å². The topological polar surface area (TPSA) is 66.4 Å². The number of hydrogen-bond donors (Lipinski definition) is 2. The van der Waals surface area contributed by atoms with Gasteiger partial charge in [-0.05, 0) is 24.5 Å². The highest BCUT2D eigenvalue weighted by atomic mass is 16.4. The zero-order chi connectivity index (χ0) is 13.4. The molecule has 0 aliphatic heterocycles. The number of amides is 1. The van der Waals surface area contributed by atoms with Crippen molar-refractivity contribution in [3.05, 3.63) is 29.8 Å². The monoisotopic (exact) mass is 249 g/mol. The number of carbonyl (C=O) groups excluding carboxylic acids is 1. The van der Waals surface area contributed by atoms with Gasteiger partial charge < -0.3 is 10.4 Å². The summed E-state index contributed by atoms with van der Waals surface area (Å²) in [6, 6.07) is 7.70. The summed E-state index contributed by atoms with van der Waals surface area (Å²) < 4.78 is 0. The van der Waals surface area contributed by atoms with Crippen molar-refractivity contribution >= 4 is 17.6 Å². The summed E-state index contributed by atoms with van der Waals surface area (Å²) in [6.07, 6.45) is 2.59. The number of carbonyl (C=O) groups is 2. The second-order valence-corrected chi connectivity index (χ2v) is 4.20. The van der Waals surface area contributed by atoms with Crippen LogP contribution in [-0.2, 0) is 16.0 Å². The van der Waals surface area contributed by atoms with Crippen LogP contribution < -0.4 is 5.32 Å². The predicted octanol–water partition coefficient (Wildman–Crippen LogP) is 2.83. The number of anilines is 1. The summed E-state index contributed by atoms with van der Waals surface area (Å²) in [5.74, 6) is -0.992. The molecule has 0 aromatic heterocycles. The van der Waals surface area contributed by atoms with Crippen molar-refractivity contribution in [2.24, 2.45) is 0 Å². The fourth-order valence-electron chi connectivity index (χ4n) is 1.74. The summed E-state index contributed by atoms with van der Waals surface area (Å²) in [6.45, 7) is 2.09. The number of hydrogen-bond acceptors (Lipinski definition) is 2. The zero-order valence-electron chi connectivity index (χ0n) is 10.6. The van der Waals surface area contributed by atoms with Crippen LogP contribution in [0.3, 0.4) is 0 Å². The lowest BCUT2D eigenvalue weighted by atomic mass is 10.1. The standard InChI is InChI=1S/C14H19NO3/c1-2-6-11-7-3-4-8-12(11)15-13(16)9-5-10-14(17)18/h3-4,7-8H,2,5-6,9-10H2,1H3,(H,15,16)(H,17,18). The Labute approximate surface area is 107 Å². The Morgan fingerprint density at radius 3 is 2.61 bits per heavy atom. The Balaban J connectivity index is 2.50. The number of aliphatic carboxylic acids is 1. The van der Waals surface area contributed by atoms with Gasteiger partial charge in [-0.2, -0.15) is 0 Å². The van der Waals surface area contributed by atoms with Crippen LogP contribution in [0.5, 0.6) is 0 Å². The molecule has 0 saturated heterocycles. The summed E-state index contributed by atoms with van der Waals surface area (Å²) in [7, 11) is 0. The number of nitrogens with one attached hydrogen (secondary N) is 1. The molecule has 1 amide bonds. The molecular formula is C14H19NO3. The molecule has 0 aliphatic rings.